The summed E-state index contributed by atoms with van der Waals surface area (Å²) in [7, 11) is -1.41. The molecule has 0 saturated heterocycles. The van der Waals surface area contributed by atoms with Crippen LogP contribution in [0.1, 0.15) is 20.3 Å². The van der Waals surface area contributed by atoms with Crippen LogP contribution in [0.2, 0.25) is 0 Å². The minimum Gasteiger partial charge on any atom is -0.329 e. The van der Waals surface area contributed by atoms with Gasteiger partial charge in [0.2, 0.25) is 10.0 Å². The molecular formula is C12H23ClN4O4S. The molecule has 0 bridgehead atoms. The van der Waals surface area contributed by atoms with Crippen LogP contribution in [0.15, 0.2) is 20.7 Å². The third kappa shape index (κ3) is 4.67. The molecule has 1 rings (SSSR count). The standard InChI is InChI=1S/C12H22N4O4S.ClH/c1-8(2)5-9(6-13)14-21(19,20)10-7-15(3)12(18)16(4)11(10)17;/h7-9,14H,5-6,13H2,1-4H3;1H. The number of hydrogen-bond donors (Lipinski definition) is 2. The number of nitrogens with two attached hydrogens (primary N) is 1. The SMILES string of the molecule is CC(C)CC(CN)NS(=O)(=O)c1cn(C)c(=O)n(C)c1=O.Cl. The highest BCUT2D eigenvalue weighted by molar-refractivity contribution is 7.89. The normalized spacial score (nSPS) is 13.0. The second kappa shape index (κ2) is 7.91. The van der Waals surface area contributed by atoms with Crippen LogP contribution >= 0.6 is 12.4 Å². The van der Waals surface area contributed by atoms with Crippen LogP contribution in [-0.2, 0) is 24.1 Å². The van der Waals surface area contributed by atoms with Crippen molar-refractivity contribution in [2.24, 2.45) is 25.7 Å². The van der Waals surface area contributed by atoms with Gasteiger partial charge in [-0.15, -0.1) is 12.4 Å². The van der Waals surface area contributed by atoms with E-state index in [1.165, 1.54) is 14.1 Å². The lowest BCUT2D eigenvalue weighted by atomic mass is 10.1. The van der Waals surface area contributed by atoms with Crippen molar-refractivity contribution in [3.8, 4) is 0 Å². The van der Waals surface area contributed by atoms with Gasteiger partial charge in [-0.3, -0.25) is 9.36 Å². The third-order valence-corrected chi connectivity index (χ3v) is 4.57. The van der Waals surface area contributed by atoms with Crippen LogP contribution in [0.4, 0.5) is 0 Å². The van der Waals surface area contributed by atoms with Gasteiger partial charge in [-0.2, -0.15) is 0 Å². The molecule has 1 heterocycles. The van der Waals surface area contributed by atoms with Gasteiger partial charge in [-0.1, -0.05) is 13.8 Å². The molecule has 0 aromatic carbocycles. The van der Waals surface area contributed by atoms with Crippen molar-refractivity contribution in [1.29, 1.82) is 0 Å². The molecule has 22 heavy (non-hydrogen) atoms. The molecular weight excluding hydrogens is 332 g/mol. The summed E-state index contributed by atoms with van der Waals surface area (Å²) in [5, 5.41) is 0. The number of hydrogen-bond acceptors (Lipinski definition) is 5. The summed E-state index contributed by atoms with van der Waals surface area (Å²) < 4.78 is 28.9. The Labute approximate surface area is 135 Å². The van der Waals surface area contributed by atoms with E-state index in [1.54, 1.807) is 0 Å². The first-order chi connectivity index (χ1) is 9.60. The second-order valence-corrected chi connectivity index (χ2v) is 7.12. The largest absolute Gasteiger partial charge is 0.330 e. The number of nitrogens with one attached hydrogen (secondary N) is 1. The Balaban J connectivity index is 0.00000441. The van der Waals surface area contributed by atoms with Crippen LogP contribution in [0, 0.1) is 5.92 Å². The number of aromatic nitrogens is 2. The summed E-state index contributed by atoms with van der Waals surface area (Å²) in [6.07, 6.45) is 1.58. The van der Waals surface area contributed by atoms with E-state index in [1.807, 2.05) is 13.8 Å². The molecule has 1 unspecified atom stereocenters. The Hall–Kier alpha value is -1.16. The van der Waals surface area contributed by atoms with Gasteiger partial charge in [0.25, 0.3) is 5.56 Å². The quantitative estimate of drug-likeness (QED) is 0.690. The molecule has 1 aromatic heterocycles. The van der Waals surface area contributed by atoms with E-state index in [-0.39, 0.29) is 24.9 Å². The molecule has 128 valence electrons. The molecule has 0 spiro atoms. The summed E-state index contributed by atoms with van der Waals surface area (Å²) in [5.74, 6) is 0.254. The molecule has 0 aliphatic carbocycles. The minimum absolute atomic E-state index is 0. The Morgan fingerprint density at radius 3 is 2.27 bits per heavy atom. The molecule has 10 heteroatoms. The van der Waals surface area contributed by atoms with Gasteiger partial charge in [-0.25, -0.2) is 17.9 Å². The zero-order valence-electron chi connectivity index (χ0n) is 13.1. The van der Waals surface area contributed by atoms with Crippen molar-refractivity contribution in [2.75, 3.05) is 6.54 Å². The molecule has 1 atom stereocenters. The zero-order chi connectivity index (χ0) is 16.4. The maximum absolute atomic E-state index is 12.3. The average Bonchev–Trinajstić information content (AvgIpc) is 2.38. The molecule has 3 N–H and O–H groups in total. The third-order valence-electron chi connectivity index (χ3n) is 3.07. The molecule has 0 fully saturated rings. The molecule has 0 amide bonds. The van der Waals surface area contributed by atoms with Crippen molar-refractivity contribution in [3.63, 3.8) is 0 Å². The van der Waals surface area contributed by atoms with Gasteiger partial charge in [0.15, 0.2) is 4.90 Å². The first kappa shape index (κ1) is 20.8. The van der Waals surface area contributed by atoms with E-state index in [0.29, 0.717) is 6.42 Å². The Morgan fingerprint density at radius 1 is 1.27 bits per heavy atom. The van der Waals surface area contributed by atoms with Crippen molar-refractivity contribution in [2.45, 2.75) is 31.2 Å². The first-order valence-corrected chi connectivity index (χ1v) is 8.07. The minimum atomic E-state index is -4.03. The fourth-order valence-electron chi connectivity index (χ4n) is 2.00. The summed E-state index contributed by atoms with van der Waals surface area (Å²) in [5.41, 5.74) is 4.12. The van der Waals surface area contributed by atoms with Gasteiger partial charge in [-0.05, 0) is 12.3 Å². The lowest BCUT2D eigenvalue weighted by Gasteiger charge is -2.19. The predicted octanol–water partition coefficient (Wildman–Crippen LogP) is -0.842. The fourth-order valence-corrected chi connectivity index (χ4v) is 3.43. The topological polar surface area (TPSA) is 116 Å². The van der Waals surface area contributed by atoms with E-state index in [4.69, 9.17) is 5.73 Å². The molecule has 0 saturated carbocycles. The van der Waals surface area contributed by atoms with Gasteiger partial charge in [0.1, 0.15) is 0 Å². The van der Waals surface area contributed by atoms with E-state index in [0.717, 1.165) is 15.3 Å². The monoisotopic (exact) mass is 354 g/mol. The van der Waals surface area contributed by atoms with Gasteiger partial charge in [0, 0.05) is 32.9 Å². The lowest BCUT2D eigenvalue weighted by molar-refractivity contribution is 0.464. The van der Waals surface area contributed by atoms with Crippen LogP contribution in [-0.4, -0.2) is 30.1 Å². The zero-order valence-corrected chi connectivity index (χ0v) is 14.7. The van der Waals surface area contributed by atoms with Crippen molar-refractivity contribution in [1.82, 2.24) is 13.9 Å². The summed E-state index contributed by atoms with van der Waals surface area (Å²) in [6.45, 7) is 4.02. The molecule has 8 nitrogen and oxygen atoms in total. The van der Waals surface area contributed by atoms with Crippen molar-refractivity contribution < 1.29 is 8.42 Å². The highest BCUT2D eigenvalue weighted by Crippen LogP contribution is 2.08. The molecule has 0 aliphatic heterocycles. The number of halogens is 1. The Kier molecular flexibility index (Phi) is 7.49. The van der Waals surface area contributed by atoms with E-state index >= 15 is 0 Å². The Bertz CT molecular complexity index is 724. The lowest BCUT2D eigenvalue weighted by Crippen LogP contribution is -2.45. The van der Waals surface area contributed by atoms with Gasteiger partial charge in [0.05, 0.1) is 0 Å². The summed E-state index contributed by atoms with van der Waals surface area (Å²) >= 11 is 0. The van der Waals surface area contributed by atoms with Crippen LogP contribution in [0.5, 0.6) is 0 Å². The molecule has 0 radical (unpaired) electrons. The fraction of sp³-hybridized carbons (Fsp3) is 0.667. The predicted molar refractivity (Wildman–Crippen MR) is 86.8 cm³/mol. The number of sulfonamides is 1. The van der Waals surface area contributed by atoms with Crippen LogP contribution in [0.25, 0.3) is 0 Å². The molecule has 0 aliphatic rings. The smallest absolute Gasteiger partial charge is 0.329 e. The number of nitrogens with zero attached hydrogens (tertiary/aromatic N) is 2. The highest BCUT2D eigenvalue weighted by atomic mass is 35.5. The van der Waals surface area contributed by atoms with E-state index < -0.39 is 32.2 Å². The van der Waals surface area contributed by atoms with Crippen LogP contribution < -0.4 is 21.7 Å². The molecule has 1 aromatic rings. The first-order valence-electron chi connectivity index (χ1n) is 6.59. The highest BCUT2D eigenvalue weighted by Gasteiger charge is 2.24. The average molecular weight is 355 g/mol. The van der Waals surface area contributed by atoms with Crippen molar-refractivity contribution >= 4 is 22.4 Å². The second-order valence-electron chi connectivity index (χ2n) is 5.43. The van der Waals surface area contributed by atoms with E-state index in [9.17, 15) is 18.0 Å². The summed E-state index contributed by atoms with van der Waals surface area (Å²) in [6, 6.07) is -0.461. The van der Waals surface area contributed by atoms with E-state index in [2.05, 4.69) is 4.72 Å². The summed E-state index contributed by atoms with van der Waals surface area (Å²) in [4.78, 5) is 23.1. The van der Waals surface area contributed by atoms with Crippen molar-refractivity contribution in [3.05, 3.63) is 27.0 Å². The Morgan fingerprint density at radius 2 is 1.82 bits per heavy atom. The number of aryl methyl sites for hydroxylation is 1. The van der Waals surface area contributed by atoms with Crippen LogP contribution in [0.3, 0.4) is 0 Å². The van der Waals surface area contributed by atoms with Gasteiger partial charge < -0.3 is 10.3 Å². The maximum Gasteiger partial charge on any atom is 0.330 e. The number of rotatable bonds is 6. The maximum atomic E-state index is 12.3. The van der Waals surface area contributed by atoms with Gasteiger partial charge >= 0.3 is 5.69 Å².